The van der Waals surface area contributed by atoms with Gasteiger partial charge in [0.25, 0.3) is 0 Å². The van der Waals surface area contributed by atoms with E-state index in [1.54, 1.807) is 0 Å². The van der Waals surface area contributed by atoms with Crippen molar-refractivity contribution in [2.45, 2.75) is 26.7 Å². The van der Waals surface area contributed by atoms with Crippen molar-refractivity contribution < 1.29 is 21.1 Å². The molecule has 0 aliphatic heterocycles. The predicted molar refractivity (Wildman–Crippen MR) is 31.0 cm³/mol. The van der Waals surface area contributed by atoms with Crippen LogP contribution in [-0.4, -0.2) is 0 Å². The Morgan fingerprint density at radius 3 is 1.17 bits per heavy atom. The summed E-state index contributed by atoms with van der Waals surface area (Å²) in [5.74, 6) is 0. The molecule has 0 aromatic rings. The Morgan fingerprint density at radius 1 is 1.00 bits per heavy atom. The number of rotatable bonds is 1. The van der Waals surface area contributed by atoms with Crippen molar-refractivity contribution in [2.24, 2.45) is 0 Å². The van der Waals surface area contributed by atoms with E-state index in [1.165, 1.54) is 12.8 Å². The maximum absolute atomic E-state index is 2.18. The molecule has 0 N–H and O–H groups in total. The molecule has 0 unspecified atom stereocenters. The molecule has 2 heteroatoms. The Morgan fingerprint density at radius 2 is 1.17 bits per heavy atom. The summed E-state index contributed by atoms with van der Waals surface area (Å²) in [5.41, 5.74) is 0. The van der Waals surface area contributed by atoms with Crippen LogP contribution in [0.25, 0.3) is 0 Å². The number of hydrogen-bond donors (Lipinski definition) is 0. The molecular formula is C4H12SW. The molecule has 0 saturated carbocycles. The molecule has 0 nitrogen and oxygen atoms in total. The van der Waals surface area contributed by atoms with Crippen LogP contribution in [0.15, 0.2) is 0 Å². The van der Waals surface area contributed by atoms with Crippen molar-refractivity contribution in [2.75, 3.05) is 0 Å². The van der Waals surface area contributed by atoms with E-state index in [1.807, 2.05) is 0 Å². The van der Waals surface area contributed by atoms with Crippen molar-refractivity contribution in [3.63, 3.8) is 0 Å². The molecule has 40 valence electrons. The SMILES string of the molecule is CCCC.S.[W]. The van der Waals surface area contributed by atoms with E-state index in [9.17, 15) is 0 Å². The van der Waals surface area contributed by atoms with Gasteiger partial charge < -0.3 is 0 Å². The molecule has 6 heavy (non-hydrogen) atoms. The second-order valence-electron chi connectivity index (χ2n) is 1.000. The summed E-state index contributed by atoms with van der Waals surface area (Å²) < 4.78 is 0. The van der Waals surface area contributed by atoms with Crippen LogP contribution in [-0.2, 0) is 21.1 Å². The zero-order valence-electron chi connectivity index (χ0n) is 4.32. The summed E-state index contributed by atoms with van der Waals surface area (Å²) in [4.78, 5) is 0. The van der Waals surface area contributed by atoms with Crippen LogP contribution in [0.4, 0.5) is 0 Å². The molecule has 0 fully saturated rings. The molecule has 0 heterocycles. The molecule has 0 amide bonds. The van der Waals surface area contributed by atoms with E-state index in [4.69, 9.17) is 0 Å². The summed E-state index contributed by atoms with van der Waals surface area (Å²) in [7, 11) is 0. The fourth-order valence-corrected chi connectivity index (χ4v) is 0. The van der Waals surface area contributed by atoms with Gasteiger partial charge in [-0.1, -0.05) is 26.7 Å². The van der Waals surface area contributed by atoms with E-state index in [2.05, 4.69) is 13.8 Å². The summed E-state index contributed by atoms with van der Waals surface area (Å²) in [6.45, 7) is 4.36. The van der Waals surface area contributed by atoms with E-state index in [0.29, 0.717) is 0 Å². The van der Waals surface area contributed by atoms with Gasteiger partial charge in [0.2, 0.25) is 0 Å². The molecular weight excluding hydrogens is 264 g/mol. The number of unbranched alkanes of at least 4 members (excludes halogenated alkanes) is 1. The fourth-order valence-electron chi connectivity index (χ4n) is 0. The molecule has 0 radical (unpaired) electrons. The molecule has 0 saturated heterocycles. The van der Waals surface area contributed by atoms with Crippen LogP contribution in [0.5, 0.6) is 0 Å². The maximum Gasteiger partial charge on any atom is 0 e. The van der Waals surface area contributed by atoms with Crippen LogP contribution in [0.3, 0.4) is 0 Å². The largest absolute Gasteiger partial charge is 0.197 e. The van der Waals surface area contributed by atoms with E-state index in [-0.39, 0.29) is 34.6 Å². The van der Waals surface area contributed by atoms with E-state index in [0.717, 1.165) is 0 Å². The van der Waals surface area contributed by atoms with Crippen LogP contribution < -0.4 is 0 Å². The van der Waals surface area contributed by atoms with Gasteiger partial charge in [-0.3, -0.25) is 0 Å². The zero-order valence-corrected chi connectivity index (χ0v) is 8.26. The van der Waals surface area contributed by atoms with Gasteiger partial charge in [-0.05, 0) is 0 Å². The third-order valence-corrected chi connectivity index (χ3v) is 0.500. The Labute approximate surface area is 61.4 Å². The zero-order chi connectivity index (χ0) is 3.41. The molecule has 0 aromatic heterocycles. The van der Waals surface area contributed by atoms with Crippen molar-refractivity contribution >= 4 is 13.5 Å². The first-order valence-electron chi connectivity index (χ1n) is 1.91. The normalized spacial score (nSPS) is 5.00. The topological polar surface area (TPSA) is 0 Å². The first-order valence-corrected chi connectivity index (χ1v) is 1.91. The van der Waals surface area contributed by atoms with Crippen molar-refractivity contribution in [3.8, 4) is 0 Å². The Balaban J connectivity index is -0.0000000450. The second-order valence-corrected chi connectivity index (χ2v) is 1.000. The van der Waals surface area contributed by atoms with Gasteiger partial charge in [-0.2, -0.15) is 13.5 Å². The predicted octanol–water partition coefficient (Wildman–Crippen LogP) is 1.92. The Kier molecular flexibility index (Phi) is 43.5. The van der Waals surface area contributed by atoms with Crippen LogP contribution in [0, 0.1) is 0 Å². The molecule has 0 aliphatic carbocycles. The van der Waals surface area contributed by atoms with E-state index < -0.39 is 0 Å². The summed E-state index contributed by atoms with van der Waals surface area (Å²) in [5, 5.41) is 0. The molecule has 0 rings (SSSR count). The molecule has 0 spiro atoms. The van der Waals surface area contributed by atoms with Crippen LogP contribution >= 0.6 is 13.5 Å². The minimum absolute atomic E-state index is 0. The van der Waals surface area contributed by atoms with Gasteiger partial charge in [0.05, 0.1) is 0 Å². The number of hydrogen-bond acceptors (Lipinski definition) is 0. The molecule has 0 atom stereocenters. The second kappa shape index (κ2) is 16.6. The summed E-state index contributed by atoms with van der Waals surface area (Å²) in [6, 6.07) is 0. The fraction of sp³-hybridized carbons (Fsp3) is 1.00. The Hall–Kier alpha value is 1.04. The van der Waals surface area contributed by atoms with Gasteiger partial charge in [0.1, 0.15) is 0 Å². The summed E-state index contributed by atoms with van der Waals surface area (Å²) in [6.07, 6.45) is 2.64. The van der Waals surface area contributed by atoms with Crippen molar-refractivity contribution in [3.05, 3.63) is 0 Å². The van der Waals surface area contributed by atoms with Gasteiger partial charge in [-0.15, -0.1) is 0 Å². The smallest absolute Gasteiger partial charge is 0 e. The van der Waals surface area contributed by atoms with Gasteiger partial charge in [-0.25, -0.2) is 0 Å². The molecule has 0 bridgehead atoms. The first kappa shape index (κ1) is 15.7. The van der Waals surface area contributed by atoms with Gasteiger partial charge in [0, 0.05) is 21.1 Å². The monoisotopic (exact) mass is 276 g/mol. The standard InChI is InChI=1S/C4H10.H2S.W/c1-3-4-2;;/h3-4H2,1-2H3;1H2;. The van der Waals surface area contributed by atoms with Crippen LogP contribution in [0.2, 0.25) is 0 Å². The average molecular weight is 276 g/mol. The third-order valence-electron chi connectivity index (χ3n) is 0.500. The quantitative estimate of drug-likeness (QED) is 0.686. The minimum Gasteiger partial charge on any atom is -0.197 e. The minimum atomic E-state index is 0. The van der Waals surface area contributed by atoms with Crippen molar-refractivity contribution in [1.29, 1.82) is 0 Å². The van der Waals surface area contributed by atoms with Crippen molar-refractivity contribution in [1.82, 2.24) is 0 Å². The first-order chi connectivity index (χ1) is 1.91. The maximum atomic E-state index is 2.18. The molecule has 0 aromatic carbocycles. The third kappa shape index (κ3) is 19.8. The van der Waals surface area contributed by atoms with Gasteiger partial charge >= 0.3 is 0 Å². The van der Waals surface area contributed by atoms with E-state index >= 15 is 0 Å². The summed E-state index contributed by atoms with van der Waals surface area (Å²) >= 11 is 0. The van der Waals surface area contributed by atoms with Crippen LogP contribution in [0.1, 0.15) is 26.7 Å². The Bertz CT molecular complexity index is 9.51. The average Bonchev–Trinajstić information content (AvgIpc) is 1.37. The van der Waals surface area contributed by atoms with Gasteiger partial charge in [0.15, 0.2) is 0 Å². The molecule has 0 aliphatic rings.